The van der Waals surface area contributed by atoms with Gasteiger partial charge in [-0.2, -0.15) is 0 Å². The first-order chi connectivity index (χ1) is 12.8. The maximum atomic E-state index is 13.5. The number of rotatable bonds is 7. The van der Waals surface area contributed by atoms with Crippen LogP contribution in [-0.4, -0.2) is 18.4 Å². The normalized spacial score (nSPS) is 11.7. The van der Waals surface area contributed by atoms with Gasteiger partial charge in [0.2, 0.25) is 5.91 Å². The summed E-state index contributed by atoms with van der Waals surface area (Å²) in [4.78, 5) is 23.8. The maximum absolute atomic E-state index is 13.5. The SMILES string of the molecule is CC(NC(=O)CCCNC(=O)c1ccc(F)cc1F)c1ccc(F)c(Cl)c1. The van der Waals surface area contributed by atoms with Gasteiger partial charge in [0.05, 0.1) is 16.6 Å². The summed E-state index contributed by atoms with van der Waals surface area (Å²) >= 11 is 5.72. The fraction of sp³-hybridized carbons (Fsp3) is 0.263. The van der Waals surface area contributed by atoms with Crippen molar-refractivity contribution in [2.75, 3.05) is 6.54 Å². The van der Waals surface area contributed by atoms with E-state index in [9.17, 15) is 22.8 Å². The van der Waals surface area contributed by atoms with Crippen LogP contribution in [0.5, 0.6) is 0 Å². The van der Waals surface area contributed by atoms with Gasteiger partial charge in [-0.05, 0) is 43.2 Å². The summed E-state index contributed by atoms with van der Waals surface area (Å²) in [6, 6.07) is 6.52. The van der Waals surface area contributed by atoms with Gasteiger partial charge in [-0.15, -0.1) is 0 Å². The fourth-order valence-corrected chi connectivity index (χ4v) is 2.59. The van der Waals surface area contributed by atoms with Crippen LogP contribution in [0.4, 0.5) is 13.2 Å². The highest BCUT2D eigenvalue weighted by Gasteiger charge is 2.13. The van der Waals surface area contributed by atoms with E-state index < -0.39 is 23.4 Å². The Bertz CT molecular complexity index is 846. The van der Waals surface area contributed by atoms with Gasteiger partial charge in [0.25, 0.3) is 5.91 Å². The van der Waals surface area contributed by atoms with Crippen molar-refractivity contribution in [2.24, 2.45) is 0 Å². The van der Waals surface area contributed by atoms with E-state index in [-0.39, 0.29) is 35.5 Å². The molecule has 0 fully saturated rings. The zero-order valence-electron chi connectivity index (χ0n) is 14.5. The summed E-state index contributed by atoms with van der Waals surface area (Å²) in [5.41, 5.74) is 0.400. The van der Waals surface area contributed by atoms with E-state index in [4.69, 9.17) is 11.6 Å². The summed E-state index contributed by atoms with van der Waals surface area (Å²) in [7, 11) is 0. The van der Waals surface area contributed by atoms with Gasteiger partial charge in [0.1, 0.15) is 17.5 Å². The Balaban J connectivity index is 1.75. The molecule has 144 valence electrons. The Morgan fingerprint density at radius 2 is 1.81 bits per heavy atom. The molecule has 0 aliphatic heterocycles. The number of carbonyl (C=O) groups excluding carboxylic acids is 2. The standard InChI is InChI=1S/C19H18ClF3N2O2/c1-11(12-4-7-16(22)15(20)9-12)25-18(26)3-2-8-24-19(27)14-6-5-13(21)10-17(14)23/h4-7,9-11H,2-3,8H2,1H3,(H,24,27)(H,25,26). The molecule has 2 aromatic rings. The number of hydrogen-bond donors (Lipinski definition) is 2. The van der Waals surface area contributed by atoms with Gasteiger partial charge in [0, 0.05) is 19.0 Å². The second-order valence-corrected chi connectivity index (χ2v) is 6.35. The Morgan fingerprint density at radius 1 is 1.07 bits per heavy atom. The molecule has 0 spiro atoms. The number of carbonyl (C=O) groups is 2. The monoisotopic (exact) mass is 398 g/mol. The first-order valence-electron chi connectivity index (χ1n) is 8.25. The molecular formula is C19H18ClF3N2O2. The number of nitrogens with one attached hydrogen (secondary N) is 2. The van der Waals surface area contributed by atoms with Crippen molar-refractivity contribution in [2.45, 2.75) is 25.8 Å². The number of halogens is 4. The lowest BCUT2D eigenvalue weighted by Gasteiger charge is -2.15. The van der Waals surface area contributed by atoms with E-state index in [1.54, 1.807) is 6.92 Å². The number of benzene rings is 2. The molecular weight excluding hydrogens is 381 g/mol. The van der Waals surface area contributed by atoms with Crippen LogP contribution in [-0.2, 0) is 4.79 Å². The third kappa shape index (κ3) is 5.99. The van der Waals surface area contributed by atoms with Crippen molar-refractivity contribution in [1.29, 1.82) is 0 Å². The molecule has 0 heterocycles. The molecule has 0 bridgehead atoms. The minimum absolute atomic E-state index is 0.0238. The lowest BCUT2D eigenvalue weighted by atomic mass is 10.1. The van der Waals surface area contributed by atoms with Crippen LogP contribution in [0, 0.1) is 17.5 Å². The Morgan fingerprint density at radius 3 is 2.48 bits per heavy atom. The molecule has 0 aliphatic rings. The molecule has 8 heteroatoms. The van der Waals surface area contributed by atoms with Gasteiger partial charge in [0.15, 0.2) is 0 Å². The van der Waals surface area contributed by atoms with E-state index in [2.05, 4.69) is 10.6 Å². The summed E-state index contributed by atoms with van der Waals surface area (Å²) in [5.74, 6) is -3.19. The zero-order valence-corrected chi connectivity index (χ0v) is 15.2. The second kappa shape index (κ2) is 9.41. The van der Waals surface area contributed by atoms with Gasteiger partial charge in [-0.25, -0.2) is 13.2 Å². The third-order valence-corrected chi connectivity index (χ3v) is 4.15. The van der Waals surface area contributed by atoms with Crippen LogP contribution in [0.1, 0.15) is 41.7 Å². The highest BCUT2D eigenvalue weighted by Crippen LogP contribution is 2.20. The predicted molar refractivity (Wildman–Crippen MR) is 95.9 cm³/mol. The van der Waals surface area contributed by atoms with Gasteiger partial charge in [-0.1, -0.05) is 17.7 Å². The van der Waals surface area contributed by atoms with Crippen LogP contribution >= 0.6 is 11.6 Å². The lowest BCUT2D eigenvalue weighted by Crippen LogP contribution is -2.29. The van der Waals surface area contributed by atoms with Crippen molar-refractivity contribution >= 4 is 23.4 Å². The molecule has 0 radical (unpaired) electrons. The Labute approximate surface area is 159 Å². The van der Waals surface area contributed by atoms with Gasteiger partial charge in [-0.3, -0.25) is 9.59 Å². The van der Waals surface area contributed by atoms with Crippen LogP contribution in [0.3, 0.4) is 0 Å². The topological polar surface area (TPSA) is 58.2 Å². The van der Waals surface area contributed by atoms with Crippen molar-refractivity contribution in [3.05, 3.63) is 70.0 Å². The quantitative estimate of drug-likeness (QED) is 0.688. The van der Waals surface area contributed by atoms with Crippen molar-refractivity contribution in [3.63, 3.8) is 0 Å². The molecule has 27 heavy (non-hydrogen) atoms. The molecule has 2 amide bonds. The predicted octanol–water partition coefficient (Wildman–Crippen LogP) is 4.14. The molecule has 4 nitrogen and oxygen atoms in total. The Hall–Kier alpha value is -2.54. The Kier molecular flexibility index (Phi) is 7.24. The molecule has 1 unspecified atom stereocenters. The van der Waals surface area contributed by atoms with E-state index in [0.29, 0.717) is 18.1 Å². The van der Waals surface area contributed by atoms with Crippen LogP contribution in [0.25, 0.3) is 0 Å². The second-order valence-electron chi connectivity index (χ2n) is 5.95. The van der Waals surface area contributed by atoms with Crippen LogP contribution in [0.15, 0.2) is 36.4 Å². The molecule has 0 aliphatic carbocycles. The highest BCUT2D eigenvalue weighted by molar-refractivity contribution is 6.30. The minimum Gasteiger partial charge on any atom is -0.352 e. The molecule has 2 rings (SSSR count). The molecule has 2 aromatic carbocycles. The maximum Gasteiger partial charge on any atom is 0.254 e. The van der Waals surface area contributed by atoms with Crippen molar-refractivity contribution in [1.82, 2.24) is 10.6 Å². The summed E-state index contributed by atoms with van der Waals surface area (Å²) in [6.45, 7) is 1.89. The first-order valence-corrected chi connectivity index (χ1v) is 8.63. The fourth-order valence-electron chi connectivity index (χ4n) is 2.40. The smallest absolute Gasteiger partial charge is 0.254 e. The average molecular weight is 399 g/mol. The van der Waals surface area contributed by atoms with Gasteiger partial charge < -0.3 is 10.6 Å². The lowest BCUT2D eigenvalue weighted by molar-refractivity contribution is -0.121. The van der Waals surface area contributed by atoms with E-state index >= 15 is 0 Å². The molecule has 0 saturated carbocycles. The summed E-state index contributed by atoms with van der Waals surface area (Å²) in [5, 5.41) is 5.19. The van der Waals surface area contributed by atoms with Crippen LogP contribution < -0.4 is 10.6 Å². The van der Waals surface area contributed by atoms with Crippen LogP contribution in [0.2, 0.25) is 5.02 Å². The van der Waals surface area contributed by atoms with E-state index in [1.807, 2.05) is 0 Å². The largest absolute Gasteiger partial charge is 0.352 e. The minimum atomic E-state index is -0.947. The van der Waals surface area contributed by atoms with Crippen molar-refractivity contribution in [3.8, 4) is 0 Å². The summed E-state index contributed by atoms with van der Waals surface area (Å²) < 4.78 is 39.5. The number of amides is 2. The van der Waals surface area contributed by atoms with E-state index in [1.165, 1.54) is 18.2 Å². The third-order valence-electron chi connectivity index (χ3n) is 3.86. The first kappa shape index (κ1) is 20.8. The average Bonchev–Trinajstić information content (AvgIpc) is 2.60. The zero-order chi connectivity index (χ0) is 20.0. The molecule has 0 aromatic heterocycles. The summed E-state index contributed by atoms with van der Waals surface area (Å²) in [6.07, 6.45) is 0.461. The van der Waals surface area contributed by atoms with E-state index in [0.717, 1.165) is 12.1 Å². The molecule has 0 saturated heterocycles. The number of hydrogen-bond acceptors (Lipinski definition) is 2. The highest BCUT2D eigenvalue weighted by atomic mass is 35.5. The van der Waals surface area contributed by atoms with Crippen molar-refractivity contribution < 1.29 is 22.8 Å². The van der Waals surface area contributed by atoms with Gasteiger partial charge >= 0.3 is 0 Å². The molecule has 2 N–H and O–H groups in total. The molecule has 1 atom stereocenters.